The minimum absolute atomic E-state index is 0. The number of hydrogen-bond donors (Lipinski definition) is 3. The van der Waals surface area contributed by atoms with E-state index in [1.807, 2.05) is 12.1 Å². The second-order valence-electron chi connectivity index (χ2n) is 11.3. The topological polar surface area (TPSA) is 86.2 Å². The van der Waals surface area contributed by atoms with Crippen LogP contribution in [-0.2, 0) is 19.0 Å². The van der Waals surface area contributed by atoms with Crippen LogP contribution in [0.15, 0.2) is 42.7 Å². The number of fused-ring (bicyclic) bond motifs is 1. The first-order valence-electron chi connectivity index (χ1n) is 14.1. The normalized spacial score (nSPS) is 19.4. The van der Waals surface area contributed by atoms with E-state index < -0.39 is 11.9 Å². The summed E-state index contributed by atoms with van der Waals surface area (Å²) >= 11 is 0. The van der Waals surface area contributed by atoms with Gasteiger partial charge in [0.2, 0.25) is 0 Å². The van der Waals surface area contributed by atoms with Crippen LogP contribution < -0.4 is 10.6 Å². The number of rotatable bonds is 8. The van der Waals surface area contributed by atoms with Gasteiger partial charge in [-0.2, -0.15) is 13.2 Å². The molecule has 1 fully saturated rings. The first-order valence-corrected chi connectivity index (χ1v) is 14.1. The molecule has 2 aliphatic rings. The Hall–Kier alpha value is -2.95. The van der Waals surface area contributed by atoms with Crippen molar-refractivity contribution in [1.29, 1.82) is 0 Å². The molecule has 0 unspecified atom stereocenters. The maximum Gasteiger partial charge on any atom is 0.433 e. The summed E-state index contributed by atoms with van der Waals surface area (Å²) in [5, 5.41) is 16.8. The minimum atomic E-state index is -4.56. The second-order valence-corrected chi connectivity index (χ2v) is 11.3. The third-order valence-electron chi connectivity index (χ3n) is 7.71. The van der Waals surface area contributed by atoms with Crippen LogP contribution in [0.25, 0.3) is 11.3 Å². The summed E-state index contributed by atoms with van der Waals surface area (Å²) in [7, 11) is 0. The number of aryl methyl sites for hydroxylation is 1. The molecule has 1 aromatic carbocycles. The van der Waals surface area contributed by atoms with Crippen molar-refractivity contribution in [3.8, 4) is 11.3 Å². The van der Waals surface area contributed by atoms with E-state index in [2.05, 4.69) is 50.4 Å². The van der Waals surface area contributed by atoms with Gasteiger partial charge in [-0.25, -0.2) is 15.0 Å². The van der Waals surface area contributed by atoms with Crippen LogP contribution in [0.4, 0.5) is 30.5 Å². The highest BCUT2D eigenvalue weighted by Crippen LogP contribution is 2.34. The van der Waals surface area contributed by atoms with E-state index in [9.17, 15) is 18.3 Å². The molecular formula is C30H38ClF3N6O. The molecule has 2 atom stereocenters. The monoisotopic (exact) mass is 590 g/mol. The minimum Gasteiger partial charge on any atom is -0.393 e. The zero-order valence-corrected chi connectivity index (χ0v) is 24.2. The summed E-state index contributed by atoms with van der Waals surface area (Å²) in [5.74, 6) is 1.18. The molecule has 3 N–H and O–H groups in total. The average molecular weight is 591 g/mol. The van der Waals surface area contributed by atoms with Gasteiger partial charge in [0, 0.05) is 42.9 Å². The summed E-state index contributed by atoms with van der Waals surface area (Å²) in [6.45, 7) is 6.81. The fourth-order valence-electron chi connectivity index (χ4n) is 5.77. The maximum atomic E-state index is 13.6. The molecule has 0 spiro atoms. The van der Waals surface area contributed by atoms with E-state index in [1.165, 1.54) is 18.0 Å². The number of alkyl halides is 3. The number of likely N-dealkylation sites (tertiary alicyclic amines) is 1. The van der Waals surface area contributed by atoms with Gasteiger partial charge < -0.3 is 15.7 Å². The van der Waals surface area contributed by atoms with E-state index in [-0.39, 0.29) is 30.4 Å². The van der Waals surface area contributed by atoms with Gasteiger partial charge in [0.1, 0.15) is 23.7 Å². The van der Waals surface area contributed by atoms with Crippen LogP contribution >= 0.6 is 12.4 Å². The Morgan fingerprint density at radius 1 is 1.10 bits per heavy atom. The van der Waals surface area contributed by atoms with Gasteiger partial charge in [0.05, 0.1) is 11.8 Å². The number of piperidine rings is 1. The predicted molar refractivity (Wildman–Crippen MR) is 158 cm³/mol. The van der Waals surface area contributed by atoms with E-state index >= 15 is 0 Å². The lowest BCUT2D eigenvalue weighted by molar-refractivity contribution is -0.141. The average Bonchev–Trinajstić information content (AvgIpc) is 2.92. The molecule has 3 aromatic rings. The SMILES string of the molecule is CC(C)CN1CCCC[C@@H]1CNc1nc(C(F)(F)F)ccc1-c1cc(Nc2cccc3c2C[C@H](O)CC3)ncn1.Cl. The molecule has 222 valence electrons. The van der Waals surface area contributed by atoms with Crippen molar-refractivity contribution in [2.45, 2.75) is 70.7 Å². The molecule has 1 aliphatic carbocycles. The lowest BCUT2D eigenvalue weighted by Gasteiger charge is -2.37. The van der Waals surface area contributed by atoms with Gasteiger partial charge in [-0.1, -0.05) is 32.4 Å². The van der Waals surface area contributed by atoms with Crippen LogP contribution in [0, 0.1) is 5.92 Å². The summed E-state index contributed by atoms with van der Waals surface area (Å²) in [6.07, 6.45) is 1.79. The quantitative estimate of drug-likeness (QED) is 0.276. The zero-order chi connectivity index (χ0) is 28.3. The Morgan fingerprint density at radius 2 is 1.93 bits per heavy atom. The summed E-state index contributed by atoms with van der Waals surface area (Å²) in [6, 6.07) is 10.4. The number of aliphatic hydroxyl groups is 1. The number of hydrogen-bond acceptors (Lipinski definition) is 7. The van der Waals surface area contributed by atoms with E-state index in [0.29, 0.717) is 36.0 Å². The van der Waals surface area contributed by atoms with E-state index in [1.54, 1.807) is 6.07 Å². The molecule has 41 heavy (non-hydrogen) atoms. The maximum absolute atomic E-state index is 13.6. The lowest BCUT2D eigenvalue weighted by atomic mass is 9.88. The summed E-state index contributed by atoms with van der Waals surface area (Å²) < 4.78 is 40.9. The fourth-order valence-corrected chi connectivity index (χ4v) is 5.77. The second kappa shape index (κ2) is 13.4. The highest BCUT2D eigenvalue weighted by atomic mass is 35.5. The van der Waals surface area contributed by atoms with Gasteiger partial charge >= 0.3 is 6.18 Å². The van der Waals surface area contributed by atoms with Crippen molar-refractivity contribution in [2.24, 2.45) is 5.92 Å². The molecule has 0 saturated carbocycles. The molecule has 11 heteroatoms. The van der Waals surface area contributed by atoms with Crippen LogP contribution in [0.2, 0.25) is 0 Å². The zero-order valence-electron chi connectivity index (χ0n) is 23.4. The first-order chi connectivity index (χ1) is 19.2. The van der Waals surface area contributed by atoms with Crippen molar-refractivity contribution in [3.63, 3.8) is 0 Å². The number of nitrogens with zero attached hydrogens (tertiary/aromatic N) is 4. The largest absolute Gasteiger partial charge is 0.433 e. The van der Waals surface area contributed by atoms with Gasteiger partial charge in [-0.05, 0) is 67.5 Å². The number of halogens is 4. The van der Waals surface area contributed by atoms with Crippen molar-refractivity contribution >= 4 is 29.7 Å². The van der Waals surface area contributed by atoms with Crippen molar-refractivity contribution in [2.75, 3.05) is 30.3 Å². The number of pyridine rings is 1. The Labute approximate surface area is 245 Å². The third-order valence-corrected chi connectivity index (χ3v) is 7.71. The standard InChI is InChI=1S/C30H37F3N6O.ClH/c1-19(2)17-39-13-4-3-7-21(39)16-34-29-23(11-12-27(38-29)30(31,32)33)26-15-28(36-18-35-26)37-25-8-5-6-20-9-10-22(40)14-24(20)25;/h5-6,8,11-12,15,18-19,21-22,40H,3-4,7,9-10,13-14,16-17H2,1-2H3,(H,34,38)(H,35,36,37);1H/t21-,22-;/m1./s1. The molecule has 0 amide bonds. The molecule has 5 rings (SSSR count). The molecule has 7 nitrogen and oxygen atoms in total. The van der Waals surface area contributed by atoms with Crippen molar-refractivity contribution in [3.05, 3.63) is 59.5 Å². The molecule has 2 aromatic heterocycles. The Bertz CT molecular complexity index is 1320. The van der Waals surface area contributed by atoms with Gasteiger partial charge in [-0.3, -0.25) is 4.90 Å². The van der Waals surface area contributed by atoms with Gasteiger partial charge in [-0.15, -0.1) is 12.4 Å². The number of nitrogens with one attached hydrogen (secondary N) is 2. The number of aromatic nitrogens is 3. The fraction of sp³-hybridized carbons (Fsp3) is 0.500. The van der Waals surface area contributed by atoms with Gasteiger partial charge in [0.15, 0.2) is 0 Å². The number of benzene rings is 1. The Morgan fingerprint density at radius 3 is 2.71 bits per heavy atom. The van der Waals surface area contributed by atoms with Crippen LogP contribution in [0.3, 0.4) is 0 Å². The molecular weight excluding hydrogens is 553 g/mol. The molecule has 0 bridgehead atoms. The molecule has 1 aliphatic heterocycles. The highest BCUT2D eigenvalue weighted by Gasteiger charge is 2.33. The molecule has 1 saturated heterocycles. The molecule has 0 radical (unpaired) electrons. The Kier molecular flexibility index (Phi) is 10.1. The van der Waals surface area contributed by atoms with Crippen LogP contribution in [0.5, 0.6) is 0 Å². The van der Waals surface area contributed by atoms with Crippen molar-refractivity contribution < 1.29 is 18.3 Å². The van der Waals surface area contributed by atoms with E-state index in [4.69, 9.17) is 0 Å². The first kappa shape index (κ1) is 31.0. The van der Waals surface area contributed by atoms with Crippen LogP contribution in [0.1, 0.15) is 56.4 Å². The smallest absolute Gasteiger partial charge is 0.393 e. The predicted octanol–water partition coefficient (Wildman–Crippen LogP) is 6.49. The van der Waals surface area contributed by atoms with E-state index in [0.717, 1.165) is 62.5 Å². The summed E-state index contributed by atoms with van der Waals surface area (Å²) in [5.41, 5.74) is 3.11. The lowest BCUT2D eigenvalue weighted by Crippen LogP contribution is -2.45. The Balaban J connectivity index is 0.00000387. The highest BCUT2D eigenvalue weighted by molar-refractivity contribution is 5.85. The third kappa shape index (κ3) is 7.67. The summed E-state index contributed by atoms with van der Waals surface area (Å²) in [4.78, 5) is 15.2. The number of aliphatic hydroxyl groups excluding tert-OH is 1. The van der Waals surface area contributed by atoms with Crippen molar-refractivity contribution in [1.82, 2.24) is 19.9 Å². The number of anilines is 3. The van der Waals surface area contributed by atoms with Crippen LogP contribution in [-0.4, -0.2) is 56.7 Å². The van der Waals surface area contributed by atoms with Gasteiger partial charge in [0.25, 0.3) is 0 Å². The molecule has 3 heterocycles.